The van der Waals surface area contributed by atoms with Gasteiger partial charge in [0.1, 0.15) is 5.52 Å². The molecule has 0 amide bonds. The van der Waals surface area contributed by atoms with Gasteiger partial charge in [-0.05, 0) is 89.9 Å². The fraction of sp³-hybridized carbons (Fsp3) is 0. The van der Waals surface area contributed by atoms with E-state index in [0.717, 1.165) is 51.1 Å². The fourth-order valence-corrected chi connectivity index (χ4v) is 7.89. The van der Waals surface area contributed by atoms with Gasteiger partial charge >= 0.3 is 6.98 Å². The van der Waals surface area contributed by atoms with Crippen molar-refractivity contribution in [1.82, 2.24) is 4.98 Å². The number of para-hydroxylation sites is 7. The Kier molecular flexibility index (Phi) is 6.21. The molecule has 8 heteroatoms. The van der Waals surface area contributed by atoms with E-state index < -0.39 is 0 Å². The van der Waals surface area contributed by atoms with Crippen LogP contribution in [0.15, 0.2) is 173 Å². The maximum Gasteiger partial charge on any atom is 0.421 e. The van der Waals surface area contributed by atoms with Crippen LogP contribution in [0.2, 0.25) is 0 Å². The van der Waals surface area contributed by atoms with Crippen LogP contribution in [0.1, 0.15) is 5.89 Å². The number of hydrogen-bond donors (Lipinski definition) is 0. The molecule has 7 nitrogen and oxygen atoms in total. The molecule has 0 unspecified atom stereocenters. The summed E-state index contributed by atoms with van der Waals surface area (Å²) in [6.45, 7) is -0.0488. The van der Waals surface area contributed by atoms with Crippen molar-refractivity contribution in [2.75, 3.05) is 14.5 Å². The third-order valence-corrected chi connectivity index (χ3v) is 10.1. The number of oxazole rings is 1. The minimum Gasteiger partial charge on any atom is -0.453 e. The Morgan fingerprint density at radius 3 is 1.88 bits per heavy atom. The minimum absolute atomic E-state index is 0.0488. The maximum atomic E-state index is 6.31. The van der Waals surface area contributed by atoms with Crippen molar-refractivity contribution < 1.29 is 9.15 Å². The first-order valence-corrected chi connectivity index (χ1v) is 17.4. The summed E-state index contributed by atoms with van der Waals surface area (Å²) in [6.07, 6.45) is 1.69. The van der Waals surface area contributed by atoms with E-state index in [0.29, 0.717) is 11.5 Å². The van der Waals surface area contributed by atoms with Crippen molar-refractivity contribution in [3.63, 3.8) is 0 Å². The highest BCUT2D eigenvalue weighted by Gasteiger charge is 2.47. The van der Waals surface area contributed by atoms with Crippen molar-refractivity contribution in [3.05, 3.63) is 170 Å². The summed E-state index contributed by atoms with van der Waals surface area (Å²) in [7, 11) is 0. The van der Waals surface area contributed by atoms with E-state index in [-0.39, 0.29) is 6.98 Å². The molecule has 4 heterocycles. The molecule has 0 bridgehead atoms. The molecule has 0 radical (unpaired) electrons. The predicted octanol–water partition coefficient (Wildman–Crippen LogP) is 10.8. The summed E-state index contributed by atoms with van der Waals surface area (Å²) in [5, 5.41) is 0. The van der Waals surface area contributed by atoms with Crippen LogP contribution in [-0.4, -0.2) is 18.2 Å². The molecule has 3 aliphatic heterocycles. The Morgan fingerprint density at radius 1 is 0.538 bits per heavy atom. The second kappa shape index (κ2) is 11.2. The van der Waals surface area contributed by atoms with Gasteiger partial charge in [-0.1, -0.05) is 78.9 Å². The van der Waals surface area contributed by atoms with Gasteiger partial charge in [-0.2, -0.15) is 0 Å². The quantitative estimate of drug-likeness (QED) is 0.137. The van der Waals surface area contributed by atoms with E-state index in [4.69, 9.17) is 19.1 Å². The Bertz CT molecular complexity index is 2680. The van der Waals surface area contributed by atoms with Crippen molar-refractivity contribution in [2.45, 2.75) is 0 Å². The maximum absolute atomic E-state index is 6.31. The van der Waals surface area contributed by atoms with E-state index in [1.54, 1.807) is 6.21 Å². The van der Waals surface area contributed by atoms with Crippen LogP contribution in [0.25, 0.3) is 22.2 Å². The highest BCUT2D eigenvalue weighted by molar-refractivity contribution is 6.86. The number of anilines is 7. The summed E-state index contributed by atoms with van der Waals surface area (Å²) in [5.74, 6) is 2.10. The van der Waals surface area contributed by atoms with E-state index in [1.165, 1.54) is 28.0 Å². The van der Waals surface area contributed by atoms with Crippen molar-refractivity contribution in [1.29, 1.82) is 0 Å². The molecule has 0 N–H and O–H groups in total. The predicted molar refractivity (Wildman–Crippen MR) is 210 cm³/mol. The van der Waals surface area contributed by atoms with Crippen LogP contribution in [0, 0.1) is 0 Å². The van der Waals surface area contributed by atoms with Crippen molar-refractivity contribution >= 4 is 75.3 Å². The lowest BCUT2D eigenvalue weighted by molar-refractivity contribution is 0.477. The summed E-state index contributed by atoms with van der Waals surface area (Å²) >= 11 is 0. The summed E-state index contributed by atoms with van der Waals surface area (Å²) in [5.41, 5.74) is 13.6. The monoisotopic (exact) mass is 669 g/mol. The number of aliphatic imine (C=N–C) groups is 1. The molecule has 0 atom stereocenters. The lowest BCUT2D eigenvalue weighted by Gasteiger charge is -2.36. The van der Waals surface area contributed by atoms with Crippen LogP contribution in [-0.2, 0) is 0 Å². The second-order valence-corrected chi connectivity index (χ2v) is 13.1. The molecule has 52 heavy (non-hydrogen) atoms. The van der Waals surface area contributed by atoms with Crippen LogP contribution in [0.5, 0.6) is 11.5 Å². The van der Waals surface area contributed by atoms with E-state index in [2.05, 4.69) is 124 Å². The van der Waals surface area contributed by atoms with Gasteiger partial charge in [0.05, 0.1) is 34.7 Å². The number of fused-ring (bicyclic) bond motifs is 11. The molecular formula is C44H28BN5O2. The molecule has 8 aromatic rings. The third kappa shape index (κ3) is 4.34. The Hall–Kier alpha value is -7.06. The molecule has 244 valence electrons. The molecule has 11 rings (SSSR count). The molecule has 0 saturated carbocycles. The molecule has 0 fully saturated rings. The number of ether oxygens (including phenoxy) is 1. The first-order valence-electron chi connectivity index (χ1n) is 17.4. The third-order valence-electron chi connectivity index (χ3n) is 10.1. The molecule has 7 aromatic carbocycles. The Morgan fingerprint density at radius 2 is 1.13 bits per heavy atom. The first kappa shape index (κ1) is 28.8. The van der Waals surface area contributed by atoms with Gasteiger partial charge in [-0.3, -0.25) is 4.99 Å². The number of benzene rings is 7. The molecule has 3 aliphatic rings. The van der Waals surface area contributed by atoms with Gasteiger partial charge in [0.15, 0.2) is 17.1 Å². The SMILES string of the molecule is C(=Nc1ccc(N2c3ccccc3Oc3ccccc32)cc1)c1nc2ccc(N3B4c5ccccc5-c5ccccc5N4c4ccccc43)cc2o1. The summed E-state index contributed by atoms with van der Waals surface area (Å²) in [4.78, 5) is 16.6. The number of hydrogen-bond acceptors (Lipinski definition) is 7. The minimum atomic E-state index is -0.0488. The van der Waals surface area contributed by atoms with Gasteiger partial charge in [0.2, 0.25) is 5.89 Å². The molecule has 1 aromatic heterocycles. The summed E-state index contributed by atoms with van der Waals surface area (Å²) in [6, 6.07) is 56.6. The van der Waals surface area contributed by atoms with Gasteiger partial charge in [0.25, 0.3) is 0 Å². The molecular weight excluding hydrogens is 641 g/mol. The lowest BCUT2D eigenvalue weighted by atomic mass is 9.59. The average Bonchev–Trinajstić information content (AvgIpc) is 3.78. The Labute approximate surface area is 300 Å². The highest BCUT2D eigenvalue weighted by atomic mass is 16.5. The zero-order chi connectivity index (χ0) is 34.2. The van der Waals surface area contributed by atoms with Crippen LogP contribution < -0.4 is 24.7 Å². The zero-order valence-corrected chi connectivity index (χ0v) is 27.8. The standard InChI is InChI=1S/C44H28BN5O2/c1-3-13-34-32(11-1)33-12-2-4-14-36(33)50-38-16-6-5-15-37(38)49(45(34)50)31-25-26-35-43(27-31)52-44(47-35)28-46-29-21-23-30(24-22-29)48-39-17-7-9-19-41(39)51-42-20-10-8-18-40(42)48/h1-28H. The molecule has 0 aliphatic carbocycles. The number of aromatic nitrogens is 1. The van der Waals surface area contributed by atoms with Gasteiger partial charge < -0.3 is 23.7 Å². The van der Waals surface area contributed by atoms with Crippen LogP contribution in [0.3, 0.4) is 0 Å². The van der Waals surface area contributed by atoms with Gasteiger partial charge in [-0.25, -0.2) is 4.98 Å². The first-order chi connectivity index (χ1) is 25.8. The molecule has 0 spiro atoms. The van der Waals surface area contributed by atoms with Crippen LogP contribution in [0.4, 0.5) is 45.5 Å². The number of rotatable bonds is 4. The number of nitrogens with zero attached hydrogens (tertiary/aromatic N) is 5. The van der Waals surface area contributed by atoms with E-state index >= 15 is 0 Å². The van der Waals surface area contributed by atoms with Gasteiger partial charge in [-0.15, -0.1) is 0 Å². The largest absolute Gasteiger partial charge is 0.453 e. The van der Waals surface area contributed by atoms with Crippen molar-refractivity contribution in [2.24, 2.45) is 4.99 Å². The Balaban J connectivity index is 0.916. The molecule has 0 saturated heterocycles. The zero-order valence-electron chi connectivity index (χ0n) is 27.8. The fourth-order valence-electron chi connectivity index (χ4n) is 7.89. The lowest BCUT2D eigenvalue weighted by Crippen LogP contribution is -2.55. The smallest absolute Gasteiger partial charge is 0.421 e. The topological polar surface area (TPSA) is 57.3 Å². The summed E-state index contributed by atoms with van der Waals surface area (Å²) < 4.78 is 12.5. The normalized spacial score (nSPS) is 13.7. The van der Waals surface area contributed by atoms with Gasteiger partial charge in [0, 0.05) is 28.7 Å². The average molecular weight is 670 g/mol. The van der Waals surface area contributed by atoms with E-state index in [9.17, 15) is 0 Å². The highest BCUT2D eigenvalue weighted by Crippen LogP contribution is 2.52. The van der Waals surface area contributed by atoms with Crippen LogP contribution >= 0.6 is 0 Å². The van der Waals surface area contributed by atoms with Crippen molar-refractivity contribution in [3.8, 4) is 22.6 Å². The van der Waals surface area contributed by atoms with E-state index in [1.807, 2.05) is 54.6 Å². The second-order valence-electron chi connectivity index (χ2n) is 13.1.